The number of benzene rings is 2. The second kappa shape index (κ2) is 8.91. The zero-order chi connectivity index (χ0) is 21.2. The van der Waals surface area contributed by atoms with Gasteiger partial charge in [0.1, 0.15) is 6.04 Å². The minimum absolute atomic E-state index is 0.0791. The topological polar surface area (TPSA) is 43.2 Å². The van der Waals surface area contributed by atoms with Gasteiger partial charge in [-0.1, -0.05) is 30.3 Å². The van der Waals surface area contributed by atoms with E-state index in [1.54, 1.807) is 4.90 Å². The molecule has 2 aromatic carbocycles. The maximum absolute atomic E-state index is 13.8. The number of hydrogen-bond donors (Lipinski definition) is 1. The van der Waals surface area contributed by atoms with Crippen molar-refractivity contribution in [2.45, 2.75) is 51.6 Å². The van der Waals surface area contributed by atoms with Crippen LogP contribution in [0.2, 0.25) is 0 Å². The highest BCUT2D eigenvalue weighted by atomic mass is 16.7. The Hall–Kier alpha value is -2.53. The summed E-state index contributed by atoms with van der Waals surface area (Å²) in [6, 6.07) is 15.2. The Morgan fingerprint density at radius 3 is 2.81 bits per heavy atom. The summed E-state index contributed by atoms with van der Waals surface area (Å²) in [6.45, 7) is 6.38. The van der Waals surface area contributed by atoms with Crippen LogP contribution in [0.15, 0.2) is 42.5 Å². The average Bonchev–Trinajstić information content (AvgIpc) is 3.46. The fraction of sp³-hybridized carbons (Fsp3) is 0.500. The molecule has 1 saturated heterocycles. The molecule has 3 atom stereocenters. The molecule has 1 aliphatic carbocycles. The van der Waals surface area contributed by atoms with E-state index < -0.39 is 0 Å². The third kappa shape index (κ3) is 4.29. The lowest BCUT2D eigenvalue weighted by Crippen LogP contribution is -3.14. The SMILES string of the molecule is CC[NH+]1CCC[C@@H]1CN(Cc1ccc2c(c1)OCO2)C(=O)[C@@H]1CCc2ccccc2C1. The van der Waals surface area contributed by atoms with E-state index >= 15 is 0 Å². The summed E-state index contributed by atoms with van der Waals surface area (Å²) < 4.78 is 11.0. The first-order valence-corrected chi connectivity index (χ1v) is 11.8. The lowest BCUT2D eigenvalue weighted by Gasteiger charge is -2.33. The summed E-state index contributed by atoms with van der Waals surface area (Å²) in [5, 5.41) is 0. The molecule has 164 valence electrons. The van der Waals surface area contributed by atoms with Gasteiger partial charge in [-0.15, -0.1) is 0 Å². The Morgan fingerprint density at radius 2 is 1.94 bits per heavy atom. The lowest BCUT2D eigenvalue weighted by molar-refractivity contribution is -0.909. The van der Waals surface area contributed by atoms with Gasteiger partial charge in [-0.3, -0.25) is 4.79 Å². The summed E-state index contributed by atoms with van der Waals surface area (Å²) in [5.74, 6) is 1.98. The van der Waals surface area contributed by atoms with Crippen molar-refractivity contribution in [3.05, 3.63) is 59.2 Å². The highest BCUT2D eigenvalue weighted by Crippen LogP contribution is 2.33. The van der Waals surface area contributed by atoms with Crippen LogP contribution < -0.4 is 14.4 Å². The zero-order valence-corrected chi connectivity index (χ0v) is 18.4. The van der Waals surface area contributed by atoms with Gasteiger partial charge in [-0.05, 0) is 55.0 Å². The Morgan fingerprint density at radius 1 is 1.10 bits per heavy atom. The zero-order valence-electron chi connectivity index (χ0n) is 18.4. The molecule has 31 heavy (non-hydrogen) atoms. The molecule has 0 aromatic heterocycles. The smallest absolute Gasteiger partial charge is 0.231 e. The highest BCUT2D eigenvalue weighted by molar-refractivity contribution is 5.79. The summed E-state index contributed by atoms with van der Waals surface area (Å²) in [4.78, 5) is 17.6. The minimum atomic E-state index is 0.0791. The molecule has 0 bridgehead atoms. The van der Waals surface area contributed by atoms with Crippen molar-refractivity contribution in [1.82, 2.24) is 4.90 Å². The first-order chi connectivity index (χ1) is 15.2. The molecule has 2 heterocycles. The summed E-state index contributed by atoms with van der Waals surface area (Å²) in [7, 11) is 0. The first-order valence-electron chi connectivity index (χ1n) is 11.8. The van der Waals surface area contributed by atoms with Gasteiger partial charge in [-0.25, -0.2) is 0 Å². The van der Waals surface area contributed by atoms with Crippen molar-refractivity contribution >= 4 is 5.91 Å². The van der Waals surface area contributed by atoms with E-state index in [1.807, 2.05) is 12.1 Å². The number of fused-ring (bicyclic) bond motifs is 2. The van der Waals surface area contributed by atoms with Gasteiger partial charge in [-0.2, -0.15) is 0 Å². The van der Waals surface area contributed by atoms with Crippen LogP contribution in [-0.4, -0.2) is 43.3 Å². The van der Waals surface area contributed by atoms with Crippen LogP contribution in [0.4, 0.5) is 0 Å². The van der Waals surface area contributed by atoms with E-state index in [2.05, 4.69) is 42.2 Å². The molecule has 2 aromatic rings. The molecule has 0 saturated carbocycles. The van der Waals surface area contributed by atoms with Gasteiger partial charge >= 0.3 is 0 Å². The van der Waals surface area contributed by atoms with E-state index in [-0.39, 0.29) is 12.7 Å². The molecule has 1 amide bonds. The van der Waals surface area contributed by atoms with Crippen LogP contribution in [0, 0.1) is 5.92 Å². The molecule has 5 heteroatoms. The maximum Gasteiger partial charge on any atom is 0.231 e. The molecule has 1 N–H and O–H groups in total. The molecule has 2 aliphatic heterocycles. The number of rotatable bonds is 6. The Kier molecular flexibility index (Phi) is 5.86. The second-order valence-corrected chi connectivity index (χ2v) is 9.22. The van der Waals surface area contributed by atoms with E-state index in [0.717, 1.165) is 49.4 Å². The molecule has 1 fully saturated rings. The maximum atomic E-state index is 13.8. The van der Waals surface area contributed by atoms with Gasteiger partial charge in [0.15, 0.2) is 11.5 Å². The number of hydrogen-bond acceptors (Lipinski definition) is 3. The molecule has 5 rings (SSSR count). The third-order valence-electron chi connectivity index (χ3n) is 7.34. The fourth-order valence-electron chi connectivity index (χ4n) is 5.59. The van der Waals surface area contributed by atoms with Gasteiger partial charge in [0, 0.05) is 25.3 Å². The van der Waals surface area contributed by atoms with Crippen molar-refractivity contribution < 1.29 is 19.2 Å². The van der Waals surface area contributed by atoms with E-state index in [1.165, 1.54) is 30.5 Å². The minimum Gasteiger partial charge on any atom is -0.454 e. The number of ether oxygens (including phenoxy) is 2. The lowest BCUT2D eigenvalue weighted by atomic mass is 9.83. The quantitative estimate of drug-likeness (QED) is 0.780. The Bertz CT molecular complexity index is 944. The Labute approximate surface area is 184 Å². The third-order valence-corrected chi connectivity index (χ3v) is 7.34. The number of aryl methyl sites for hydroxylation is 1. The predicted octanol–water partition coefficient (Wildman–Crippen LogP) is 2.62. The number of likely N-dealkylation sites (tertiary alicyclic amines) is 1. The number of nitrogens with one attached hydrogen (secondary N) is 1. The molecule has 5 nitrogen and oxygen atoms in total. The van der Waals surface area contributed by atoms with Crippen molar-refractivity contribution in [3.8, 4) is 11.5 Å². The van der Waals surface area contributed by atoms with Crippen molar-refractivity contribution in [1.29, 1.82) is 0 Å². The normalized spacial score (nSPS) is 24.1. The molecular formula is C26H33N2O3+. The molecule has 0 spiro atoms. The number of carbonyl (C=O) groups excluding carboxylic acids is 1. The predicted molar refractivity (Wildman–Crippen MR) is 119 cm³/mol. The fourth-order valence-corrected chi connectivity index (χ4v) is 5.59. The number of likely N-dealkylation sites (N-methyl/N-ethyl adjacent to an activating group) is 1. The van der Waals surface area contributed by atoms with Gasteiger partial charge in [0.25, 0.3) is 0 Å². The average molecular weight is 422 g/mol. The van der Waals surface area contributed by atoms with Crippen LogP contribution in [-0.2, 0) is 24.2 Å². The molecule has 0 radical (unpaired) electrons. The Balaban J connectivity index is 1.36. The summed E-state index contributed by atoms with van der Waals surface area (Å²) in [6.07, 6.45) is 5.28. The molecule has 1 unspecified atom stereocenters. The molecule has 3 aliphatic rings. The van der Waals surface area contributed by atoms with E-state index in [9.17, 15) is 4.79 Å². The number of quaternary nitrogens is 1. The molecular weight excluding hydrogens is 388 g/mol. The second-order valence-electron chi connectivity index (χ2n) is 9.22. The van der Waals surface area contributed by atoms with E-state index in [4.69, 9.17) is 9.47 Å². The van der Waals surface area contributed by atoms with Crippen molar-refractivity contribution in [3.63, 3.8) is 0 Å². The van der Waals surface area contributed by atoms with Crippen LogP contribution in [0.5, 0.6) is 11.5 Å². The van der Waals surface area contributed by atoms with Gasteiger partial charge in [0.05, 0.1) is 19.6 Å². The van der Waals surface area contributed by atoms with Gasteiger partial charge < -0.3 is 19.3 Å². The number of nitrogens with zero attached hydrogens (tertiary/aromatic N) is 1. The monoisotopic (exact) mass is 421 g/mol. The highest BCUT2D eigenvalue weighted by Gasteiger charge is 2.34. The van der Waals surface area contributed by atoms with E-state index in [0.29, 0.717) is 18.5 Å². The largest absolute Gasteiger partial charge is 0.454 e. The van der Waals surface area contributed by atoms with Crippen LogP contribution >= 0.6 is 0 Å². The van der Waals surface area contributed by atoms with Crippen molar-refractivity contribution in [2.24, 2.45) is 5.92 Å². The van der Waals surface area contributed by atoms with Crippen LogP contribution in [0.25, 0.3) is 0 Å². The van der Waals surface area contributed by atoms with Crippen LogP contribution in [0.3, 0.4) is 0 Å². The first kappa shape index (κ1) is 20.4. The number of carbonyl (C=O) groups is 1. The number of amides is 1. The summed E-state index contributed by atoms with van der Waals surface area (Å²) in [5.41, 5.74) is 3.87. The van der Waals surface area contributed by atoms with Crippen molar-refractivity contribution in [2.75, 3.05) is 26.4 Å². The summed E-state index contributed by atoms with van der Waals surface area (Å²) >= 11 is 0. The van der Waals surface area contributed by atoms with Gasteiger partial charge in [0.2, 0.25) is 12.7 Å². The standard InChI is InChI=1S/C26H32N2O3/c1-2-27-13-5-8-23(27)17-28(16-19-9-12-24-25(14-19)31-18-30-24)26(29)22-11-10-20-6-3-4-7-21(20)15-22/h3-4,6-7,9,12,14,22-23H,2,5,8,10-11,13,15-18H2,1H3/p+1/t22-,23-/m1/s1. The van der Waals surface area contributed by atoms with Crippen LogP contribution in [0.1, 0.15) is 42.9 Å².